The molecule has 0 radical (unpaired) electrons. The van der Waals surface area contributed by atoms with Gasteiger partial charge in [0.2, 0.25) is 0 Å². The maximum Gasteiger partial charge on any atom is 0.326 e. The summed E-state index contributed by atoms with van der Waals surface area (Å²) in [6.45, 7) is 1.85. The van der Waals surface area contributed by atoms with E-state index >= 15 is 0 Å². The van der Waals surface area contributed by atoms with E-state index in [0.29, 0.717) is 12.4 Å². The maximum absolute atomic E-state index is 12.3. The molecule has 9 nitrogen and oxygen atoms in total. The molecule has 0 fully saturated rings. The molecule has 2 heterocycles. The molecule has 0 saturated carbocycles. The summed E-state index contributed by atoms with van der Waals surface area (Å²) in [5.41, 5.74) is 0.202. The lowest BCUT2D eigenvalue weighted by Crippen LogP contribution is -2.35. The van der Waals surface area contributed by atoms with E-state index in [9.17, 15) is 14.4 Å². The van der Waals surface area contributed by atoms with E-state index in [0.717, 1.165) is 11.3 Å². The zero-order valence-electron chi connectivity index (χ0n) is 13.6. The second-order valence-corrected chi connectivity index (χ2v) is 6.30. The van der Waals surface area contributed by atoms with Crippen LogP contribution in [0.25, 0.3) is 0 Å². The standard InChI is InChI=1S/C15H13Cl2N5O4/c1-2-3-22-12(18-19-20-22)7-26-13(23)6-21-14(24)8-4-10(16)11(17)5-9(8)15(21)25/h4-5H,2-3,6-7H2,1H3. The van der Waals surface area contributed by atoms with Gasteiger partial charge in [0.25, 0.3) is 11.8 Å². The van der Waals surface area contributed by atoms with Gasteiger partial charge < -0.3 is 4.74 Å². The van der Waals surface area contributed by atoms with Gasteiger partial charge in [-0.1, -0.05) is 30.1 Å². The minimum Gasteiger partial charge on any atom is -0.456 e. The Morgan fingerprint density at radius 2 is 1.77 bits per heavy atom. The largest absolute Gasteiger partial charge is 0.456 e. The quantitative estimate of drug-likeness (QED) is 0.539. The molecule has 0 N–H and O–H groups in total. The van der Waals surface area contributed by atoms with Gasteiger partial charge >= 0.3 is 5.97 Å². The fourth-order valence-corrected chi connectivity index (χ4v) is 2.79. The summed E-state index contributed by atoms with van der Waals surface area (Å²) in [7, 11) is 0. The number of tetrazole rings is 1. The van der Waals surface area contributed by atoms with Crippen molar-refractivity contribution in [3.05, 3.63) is 39.1 Å². The monoisotopic (exact) mass is 397 g/mol. The summed E-state index contributed by atoms with van der Waals surface area (Å²) in [4.78, 5) is 37.5. The summed E-state index contributed by atoms with van der Waals surface area (Å²) in [6, 6.07) is 2.62. The van der Waals surface area contributed by atoms with Crippen molar-refractivity contribution in [2.24, 2.45) is 0 Å². The first-order valence-corrected chi connectivity index (χ1v) is 8.43. The van der Waals surface area contributed by atoms with Gasteiger partial charge in [0.1, 0.15) is 6.54 Å². The van der Waals surface area contributed by atoms with Crippen molar-refractivity contribution in [3.63, 3.8) is 0 Å². The highest BCUT2D eigenvalue weighted by Crippen LogP contribution is 2.31. The topological polar surface area (TPSA) is 107 Å². The number of amides is 2. The molecule has 11 heteroatoms. The minimum atomic E-state index is -0.761. The number of fused-ring (bicyclic) bond motifs is 1. The van der Waals surface area contributed by atoms with Crippen LogP contribution in [0.4, 0.5) is 0 Å². The lowest BCUT2D eigenvalue weighted by molar-refractivity contribution is -0.145. The molecule has 2 amide bonds. The number of ether oxygens (including phenoxy) is 1. The van der Waals surface area contributed by atoms with Gasteiger partial charge in [-0.25, -0.2) is 4.68 Å². The van der Waals surface area contributed by atoms with Crippen molar-refractivity contribution < 1.29 is 19.1 Å². The molecule has 0 aliphatic carbocycles. The van der Waals surface area contributed by atoms with Gasteiger partial charge in [-0.05, 0) is 29.0 Å². The zero-order chi connectivity index (χ0) is 18.8. The van der Waals surface area contributed by atoms with Crippen molar-refractivity contribution in [2.75, 3.05) is 6.54 Å². The number of carbonyl (C=O) groups is 3. The van der Waals surface area contributed by atoms with Gasteiger partial charge in [-0.3, -0.25) is 19.3 Å². The van der Waals surface area contributed by atoms with Crippen molar-refractivity contribution in [3.8, 4) is 0 Å². The Bertz CT molecular complexity index is 857. The van der Waals surface area contributed by atoms with Crippen LogP contribution in [0.3, 0.4) is 0 Å². The number of carbonyl (C=O) groups excluding carboxylic acids is 3. The maximum atomic E-state index is 12.3. The zero-order valence-corrected chi connectivity index (χ0v) is 15.1. The first kappa shape index (κ1) is 18.3. The molecule has 1 aromatic heterocycles. The third-order valence-electron chi connectivity index (χ3n) is 3.70. The van der Waals surface area contributed by atoms with E-state index in [-0.39, 0.29) is 27.8 Å². The van der Waals surface area contributed by atoms with Crippen LogP contribution in [-0.2, 0) is 22.7 Å². The van der Waals surface area contributed by atoms with Crippen molar-refractivity contribution >= 4 is 41.0 Å². The molecule has 26 heavy (non-hydrogen) atoms. The highest BCUT2D eigenvalue weighted by Gasteiger charge is 2.37. The number of nitrogens with zero attached hydrogens (tertiary/aromatic N) is 5. The summed E-state index contributed by atoms with van der Waals surface area (Å²) < 4.78 is 6.59. The van der Waals surface area contributed by atoms with E-state index in [4.69, 9.17) is 27.9 Å². The van der Waals surface area contributed by atoms with Gasteiger partial charge in [0, 0.05) is 6.54 Å². The van der Waals surface area contributed by atoms with Gasteiger partial charge in [0.05, 0.1) is 21.2 Å². The summed E-state index contributed by atoms with van der Waals surface area (Å²) in [6.07, 6.45) is 0.812. The van der Waals surface area contributed by atoms with Crippen LogP contribution in [0.5, 0.6) is 0 Å². The van der Waals surface area contributed by atoms with E-state index in [1.807, 2.05) is 6.92 Å². The molecule has 1 aliphatic heterocycles. The molecule has 0 spiro atoms. The van der Waals surface area contributed by atoms with Gasteiger partial charge in [0.15, 0.2) is 12.4 Å². The molecule has 1 aliphatic rings. The normalized spacial score (nSPS) is 13.3. The molecule has 2 aromatic rings. The Labute approximate surface area is 157 Å². The Morgan fingerprint density at radius 3 is 2.35 bits per heavy atom. The predicted octanol–water partition coefficient (Wildman–Crippen LogP) is 1.73. The fourth-order valence-electron chi connectivity index (χ4n) is 2.46. The van der Waals surface area contributed by atoms with Crippen molar-refractivity contribution in [1.29, 1.82) is 0 Å². The lowest BCUT2D eigenvalue weighted by Gasteiger charge is -2.12. The van der Waals surface area contributed by atoms with Gasteiger partial charge in [-0.2, -0.15) is 0 Å². The van der Waals surface area contributed by atoms with Crippen LogP contribution >= 0.6 is 23.2 Å². The number of aryl methyl sites for hydroxylation is 1. The number of aromatic nitrogens is 4. The molecule has 0 atom stereocenters. The van der Waals surface area contributed by atoms with Crippen LogP contribution in [0, 0.1) is 0 Å². The smallest absolute Gasteiger partial charge is 0.326 e. The fraction of sp³-hybridized carbons (Fsp3) is 0.333. The molecular formula is C15H13Cl2N5O4. The lowest BCUT2D eigenvalue weighted by atomic mass is 10.1. The number of hydrogen-bond acceptors (Lipinski definition) is 7. The summed E-state index contributed by atoms with van der Waals surface area (Å²) in [5.74, 6) is -1.64. The number of esters is 1. The van der Waals surface area contributed by atoms with E-state index in [1.165, 1.54) is 16.8 Å². The number of halogens is 2. The van der Waals surface area contributed by atoms with Crippen LogP contribution in [0.15, 0.2) is 12.1 Å². The summed E-state index contributed by atoms with van der Waals surface area (Å²) in [5, 5.41) is 11.4. The number of imide groups is 1. The highest BCUT2D eigenvalue weighted by atomic mass is 35.5. The highest BCUT2D eigenvalue weighted by molar-refractivity contribution is 6.43. The van der Waals surface area contributed by atoms with Crippen molar-refractivity contribution in [2.45, 2.75) is 26.5 Å². The molecule has 0 bridgehead atoms. The van der Waals surface area contributed by atoms with Crippen LogP contribution < -0.4 is 0 Å². The molecule has 1 aromatic carbocycles. The van der Waals surface area contributed by atoms with Crippen LogP contribution in [-0.4, -0.2) is 49.4 Å². The second kappa shape index (κ2) is 7.38. The average molecular weight is 398 g/mol. The second-order valence-electron chi connectivity index (χ2n) is 5.49. The molecule has 136 valence electrons. The van der Waals surface area contributed by atoms with E-state index in [2.05, 4.69) is 15.5 Å². The Balaban J connectivity index is 1.66. The van der Waals surface area contributed by atoms with Crippen LogP contribution in [0.2, 0.25) is 10.0 Å². The third-order valence-corrected chi connectivity index (χ3v) is 4.42. The Kier molecular flexibility index (Phi) is 5.19. The number of benzene rings is 1. The third kappa shape index (κ3) is 3.40. The minimum absolute atomic E-state index is 0.101. The Hall–Kier alpha value is -2.52. The Morgan fingerprint density at radius 1 is 1.15 bits per heavy atom. The van der Waals surface area contributed by atoms with Crippen molar-refractivity contribution in [1.82, 2.24) is 25.1 Å². The average Bonchev–Trinajstić information content (AvgIpc) is 3.13. The van der Waals surface area contributed by atoms with E-state index < -0.39 is 24.3 Å². The molecule has 0 saturated heterocycles. The van der Waals surface area contributed by atoms with Gasteiger partial charge in [-0.15, -0.1) is 5.10 Å². The molecule has 3 rings (SSSR count). The summed E-state index contributed by atoms with van der Waals surface area (Å²) >= 11 is 11.8. The number of rotatable bonds is 6. The molecular weight excluding hydrogens is 385 g/mol. The number of hydrogen-bond donors (Lipinski definition) is 0. The first-order valence-electron chi connectivity index (χ1n) is 7.68. The first-order chi connectivity index (χ1) is 12.4. The van der Waals surface area contributed by atoms with E-state index in [1.54, 1.807) is 0 Å². The van der Waals surface area contributed by atoms with Crippen LogP contribution in [0.1, 0.15) is 39.9 Å². The predicted molar refractivity (Wildman–Crippen MR) is 89.7 cm³/mol. The molecule has 0 unspecified atom stereocenters. The SMILES string of the molecule is CCCn1nnnc1COC(=O)CN1C(=O)c2cc(Cl)c(Cl)cc2C1=O.